The molecular weight excluding hydrogens is 340 g/mol. The van der Waals surface area contributed by atoms with Gasteiger partial charge in [0.2, 0.25) is 5.75 Å². The fourth-order valence-electron chi connectivity index (χ4n) is 2.62. The summed E-state index contributed by atoms with van der Waals surface area (Å²) < 4.78 is 21.4. The predicted octanol–water partition coefficient (Wildman–Crippen LogP) is 1.40. The molecule has 0 aliphatic rings. The lowest BCUT2D eigenvalue weighted by molar-refractivity contribution is 0.320. The summed E-state index contributed by atoms with van der Waals surface area (Å²) in [4.78, 5) is 14.5. The summed E-state index contributed by atoms with van der Waals surface area (Å²) in [6.45, 7) is 0. The summed E-state index contributed by atoms with van der Waals surface area (Å²) in [5.74, 6) is 0.668. The maximum atomic E-state index is 12.2. The first kappa shape index (κ1) is 18.5. The van der Waals surface area contributed by atoms with Crippen molar-refractivity contribution in [2.24, 2.45) is 0 Å². The number of H-pyrrole nitrogens is 1. The fraction of sp³-hybridized carbons (Fsp3) is 0.235. The first-order valence-electron chi connectivity index (χ1n) is 7.22. The van der Waals surface area contributed by atoms with E-state index in [2.05, 4.69) is 4.98 Å². The lowest BCUT2D eigenvalue weighted by atomic mass is 9.94. The molecule has 0 bridgehead atoms. The average molecular weight is 356 g/mol. The Kier molecular flexibility index (Phi) is 5.24. The number of hydrogen-bond donors (Lipinski definition) is 2. The van der Waals surface area contributed by atoms with Crippen LogP contribution in [-0.4, -0.2) is 33.4 Å². The average Bonchev–Trinajstić information content (AvgIpc) is 2.65. The number of hydrogen-bond acceptors (Lipinski definition) is 8. The van der Waals surface area contributed by atoms with E-state index < -0.39 is 5.56 Å². The van der Waals surface area contributed by atoms with Gasteiger partial charge in [-0.25, -0.2) is 0 Å². The molecule has 0 atom stereocenters. The van der Waals surface area contributed by atoms with Crippen LogP contribution >= 0.6 is 0 Å². The summed E-state index contributed by atoms with van der Waals surface area (Å²) in [5, 5.41) is 19.0. The Morgan fingerprint density at radius 1 is 0.885 bits per heavy atom. The van der Waals surface area contributed by atoms with E-state index in [0.29, 0.717) is 5.75 Å². The van der Waals surface area contributed by atoms with Gasteiger partial charge in [0.05, 0.1) is 34.0 Å². The number of rotatable bonds is 5. The number of nitrogens with zero attached hydrogens (tertiary/aromatic N) is 2. The normalized spacial score (nSPS) is 9.77. The number of aromatic amines is 1. The smallest absolute Gasteiger partial charge is 0.268 e. The molecule has 0 radical (unpaired) electrons. The number of aromatic nitrogens is 1. The Hall–Kier alpha value is -3.85. The van der Waals surface area contributed by atoms with Crippen molar-refractivity contribution in [3.63, 3.8) is 0 Å². The molecule has 9 nitrogen and oxygen atoms in total. The largest absolute Gasteiger partial charge is 0.496 e. The van der Waals surface area contributed by atoms with Gasteiger partial charge in [0.15, 0.2) is 11.5 Å². The van der Waals surface area contributed by atoms with E-state index in [-0.39, 0.29) is 45.3 Å². The number of methoxy groups -OCH3 is 4. The molecule has 0 unspecified atom stereocenters. The molecule has 0 amide bonds. The van der Waals surface area contributed by atoms with Crippen LogP contribution in [0.5, 0.6) is 23.0 Å². The van der Waals surface area contributed by atoms with Gasteiger partial charge in [-0.3, -0.25) is 4.79 Å². The van der Waals surface area contributed by atoms with Crippen LogP contribution < -0.4 is 30.2 Å². The topological polar surface area (TPSA) is 143 Å². The highest BCUT2D eigenvalue weighted by molar-refractivity contribution is 5.90. The van der Waals surface area contributed by atoms with Crippen LogP contribution in [0.1, 0.15) is 11.1 Å². The van der Waals surface area contributed by atoms with Crippen LogP contribution in [0.15, 0.2) is 10.9 Å². The van der Waals surface area contributed by atoms with E-state index in [1.807, 2.05) is 6.07 Å². The monoisotopic (exact) mass is 356 g/mol. The lowest BCUT2D eigenvalue weighted by Gasteiger charge is -2.20. The SMILES string of the molecule is COc1cc(OC)c(-c2c(C#N)c(N)[nH]c(=O)c2C#N)c(OC)c1OC. The molecule has 0 fully saturated rings. The fourth-order valence-corrected chi connectivity index (χ4v) is 2.62. The van der Waals surface area contributed by atoms with Crippen molar-refractivity contribution in [1.82, 2.24) is 4.98 Å². The van der Waals surface area contributed by atoms with Gasteiger partial charge in [0.25, 0.3) is 5.56 Å². The third-order valence-electron chi connectivity index (χ3n) is 3.73. The van der Waals surface area contributed by atoms with Crippen LogP contribution in [0, 0.1) is 22.7 Å². The number of nitrogens with one attached hydrogen (secondary N) is 1. The molecule has 1 aromatic heterocycles. The van der Waals surface area contributed by atoms with E-state index >= 15 is 0 Å². The van der Waals surface area contributed by atoms with E-state index in [4.69, 9.17) is 24.7 Å². The Morgan fingerprint density at radius 3 is 1.92 bits per heavy atom. The van der Waals surface area contributed by atoms with Crippen LogP contribution in [0.2, 0.25) is 0 Å². The maximum absolute atomic E-state index is 12.2. The molecule has 1 heterocycles. The number of ether oxygens (including phenoxy) is 4. The van der Waals surface area contributed by atoms with Crippen molar-refractivity contribution >= 4 is 5.82 Å². The summed E-state index contributed by atoms with van der Waals surface area (Å²) in [6, 6.07) is 5.20. The molecule has 3 N–H and O–H groups in total. The summed E-state index contributed by atoms with van der Waals surface area (Å²) in [5.41, 5.74) is 4.81. The second kappa shape index (κ2) is 7.36. The zero-order chi connectivity index (χ0) is 19.4. The van der Waals surface area contributed by atoms with Crippen molar-refractivity contribution in [3.8, 4) is 46.3 Å². The molecule has 26 heavy (non-hydrogen) atoms. The number of nitrogen functional groups attached to an aromatic ring is 1. The number of pyridine rings is 1. The molecule has 134 valence electrons. The standard InChI is InChI=1S/C17H16N4O5/c1-23-10-5-11(24-2)14(25-3)15(26-4)13(10)12-8(6-18)16(20)21-17(22)9(12)7-19/h5H,1-4H3,(H3,20,21,22). The van der Waals surface area contributed by atoms with E-state index in [1.54, 1.807) is 6.07 Å². The van der Waals surface area contributed by atoms with Gasteiger partial charge in [-0.05, 0) is 0 Å². The van der Waals surface area contributed by atoms with Gasteiger partial charge in [-0.1, -0.05) is 0 Å². The Labute approximate surface area is 149 Å². The highest BCUT2D eigenvalue weighted by Gasteiger charge is 2.28. The summed E-state index contributed by atoms with van der Waals surface area (Å²) in [7, 11) is 5.59. The van der Waals surface area contributed by atoms with Crippen LogP contribution in [0.25, 0.3) is 11.1 Å². The molecule has 0 aliphatic carbocycles. The second-order valence-electron chi connectivity index (χ2n) is 4.94. The molecule has 9 heteroatoms. The van der Waals surface area contributed by atoms with Gasteiger partial charge in [-0.2, -0.15) is 10.5 Å². The zero-order valence-electron chi connectivity index (χ0n) is 14.6. The lowest BCUT2D eigenvalue weighted by Crippen LogP contribution is -2.17. The molecule has 0 saturated carbocycles. The van der Waals surface area contributed by atoms with Crippen molar-refractivity contribution in [2.45, 2.75) is 0 Å². The van der Waals surface area contributed by atoms with Crippen molar-refractivity contribution < 1.29 is 18.9 Å². The van der Waals surface area contributed by atoms with Gasteiger partial charge >= 0.3 is 0 Å². The van der Waals surface area contributed by atoms with Crippen LogP contribution in [-0.2, 0) is 0 Å². The molecule has 0 saturated heterocycles. The zero-order valence-corrected chi connectivity index (χ0v) is 14.6. The Bertz CT molecular complexity index is 998. The van der Waals surface area contributed by atoms with E-state index in [0.717, 1.165) is 0 Å². The molecular formula is C17H16N4O5. The highest BCUT2D eigenvalue weighted by Crippen LogP contribution is 2.51. The number of anilines is 1. The summed E-state index contributed by atoms with van der Waals surface area (Å²) >= 11 is 0. The maximum Gasteiger partial charge on any atom is 0.268 e. The third-order valence-corrected chi connectivity index (χ3v) is 3.73. The quantitative estimate of drug-likeness (QED) is 0.818. The van der Waals surface area contributed by atoms with Crippen LogP contribution in [0.3, 0.4) is 0 Å². The number of nitriles is 2. The minimum Gasteiger partial charge on any atom is -0.496 e. The van der Waals surface area contributed by atoms with Crippen molar-refractivity contribution in [2.75, 3.05) is 34.2 Å². The number of nitrogens with two attached hydrogens (primary N) is 1. The van der Waals surface area contributed by atoms with Crippen molar-refractivity contribution in [1.29, 1.82) is 10.5 Å². The number of benzene rings is 1. The van der Waals surface area contributed by atoms with Crippen molar-refractivity contribution in [3.05, 3.63) is 27.5 Å². The first-order valence-corrected chi connectivity index (χ1v) is 7.22. The van der Waals surface area contributed by atoms with Gasteiger partial charge < -0.3 is 29.7 Å². The second-order valence-corrected chi connectivity index (χ2v) is 4.94. The molecule has 0 aliphatic heterocycles. The Morgan fingerprint density at radius 2 is 1.46 bits per heavy atom. The molecule has 1 aromatic carbocycles. The van der Waals surface area contributed by atoms with Gasteiger partial charge in [-0.15, -0.1) is 0 Å². The van der Waals surface area contributed by atoms with E-state index in [9.17, 15) is 15.3 Å². The Balaban J connectivity index is 3.15. The molecule has 2 aromatic rings. The van der Waals surface area contributed by atoms with Gasteiger partial charge in [0.1, 0.15) is 34.8 Å². The minimum absolute atomic E-state index is 0.00842. The highest BCUT2D eigenvalue weighted by atomic mass is 16.5. The van der Waals surface area contributed by atoms with Gasteiger partial charge in [0, 0.05) is 11.6 Å². The van der Waals surface area contributed by atoms with Crippen LogP contribution in [0.4, 0.5) is 5.82 Å². The molecule has 0 spiro atoms. The minimum atomic E-state index is -0.738. The predicted molar refractivity (Wildman–Crippen MR) is 92.5 cm³/mol. The first-order chi connectivity index (χ1) is 12.5. The third kappa shape index (κ3) is 2.72. The van der Waals surface area contributed by atoms with E-state index in [1.165, 1.54) is 34.5 Å². The molecule has 2 rings (SSSR count). The summed E-state index contributed by atoms with van der Waals surface area (Å²) in [6.07, 6.45) is 0.